The van der Waals surface area contributed by atoms with Crippen LogP contribution in [0.1, 0.15) is 0 Å². The van der Waals surface area contributed by atoms with Crippen molar-refractivity contribution in [3.63, 3.8) is 0 Å². The van der Waals surface area contributed by atoms with Gasteiger partial charge in [0.1, 0.15) is 5.69 Å². The number of hydrogen-bond donors (Lipinski definition) is 3. The van der Waals surface area contributed by atoms with Crippen LogP contribution in [-0.2, 0) is 0 Å². The Bertz CT molecular complexity index is 1410. The summed E-state index contributed by atoms with van der Waals surface area (Å²) in [5, 5.41) is 18.6. The molecule has 134 valence electrons. The highest BCUT2D eigenvalue weighted by Gasteiger charge is 2.15. The molecule has 0 saturated carbocycles. The number of rotatable bonds is 3. The third-order valence-corrected chi connectivity index (χ3v) is 5.68. The second-order valence-electron chi connectivity index (χ2n) is 6.46. The van der Waals surface area contributed by atoms with E-state index in [4.69, 9.17) is 0 Å². The molecule has 0 aliphatic carbocycles. The van der Waals surface area contributed by atoms with E-state index < -0.39 is 0 Å². The molecule has 0 amide bonds. The average molecular weight is 383 g/mol. The van der Waals surface area contributed by atoms with Gasteiger partial charge in [-0.15, -0.1) is 11.3 Å². The molecule has 0 aliphatic rings. The summed E-state index contributed by atoms with van der Waals surface area (Å²) >= 11 is 1.69. The van der Waals surface area contributed by atoms with Gasteiger partial charge in [-0.1, -0.05) is 6.07 Å². The summed E-state index contributed by atoms with van der Waals surface area (Å²) in [5.41, 5.74) is 6.49. The number of fused-ring (bicyclic) bond motifs is 2. The number of pyridine rings is 2. The van der Waals surface area contributed by atoms with Crippen molar-refractivity contribution >= 4 is 33.1 Å². The molecule has 0 aliphatic heterocycles. The lowest BCUT2D eigenvalue weighted by Gasteiger charge is -1.98. The standard InChI is InChI=1S/C20H13N7S/c1-2-18(28-5-1)20-12-7-16(25-14(12)3-4-21-20)19-13-6-15(11-8-23-24-9-11)22-10-17(13)26-27-19/h1-10,25H,(H,23,24)(H,26,27). The van der Waals surface area contributed by atoms with Gasteiger partial charge in [-0.25, -0.2) is 0 Å². The van der Waals surface area contributed by atoms with Gasteiger partial charge in [0.2, 0.25) is 0 Å². The first-order chi connectivity index (χ1) is 13.9. The first kappa shape index (κ1) is 15.3. The topological polar surface area (TPSA) is 98.9 Å². The summed E-state index contributed by atoms with van der Waals surface area (Å²) in [4.78, 5) is 13.7. The number of nitrogens with one attached hydrogen (secondary N) is 3. The van der Waals surface area contributed by atoms with E-state index in [2.05, 4.69) is 52.9 Å². The molecule has 0 spiro atoms. The highest BCUT2D eigenvalue weighted by atomic mass is 32.1. The Morgan fingerprint density at radius 1 is 0.929 bits per heavy atom. The molecule has 0 fully saturated rings. The maximum atomic E-state index is 4.60. The maximum Gasteiger partial charge on any atom is 0.116 e. The van der Waals surface area contributed by atoms with E-state index >= 15 is 0 Å². The first-order valence-electron chi connectivity index (χ1n) is 8.72. The van der Waals surface area contributed by atoms with Crippen molar-refractivity contribution < 1.29 is 0 Å². The van der Waals surface area contributed by atoms with Gasteiger partial charge < -0.3 is 4.98 Å². The van der Waals surface area contributed by atoms with E-state index in [0.717, 1.165) is 55.0 Å². The van der Waals surface area contributed by atoms with Crippen LogP contribution in [0.3, 0.4) is 0 Å². The molecule has 7 nitrogen and oxygen atoms in total. The molecule has 0 unspecified atom stereocenters. The van der Waals surface area contributed by atoms with E-state index in [0.29, 0.717) is 0 Å². The third-order valence-electron chi connectivity index (χ3n) is 4.80. The molecule has 6 heterocycles. The minimum absolute atomic E-state index is 0.848. The van der Waals surface area contributed by atoms with Crippen LogP contribution in [0.25, 0.3) is 55.0 Å². The fourth-order valence-electron chi connectivity index (χ4n) is 3.46. The highest BCUT2D eigenvalue weighted by molar-refractivity contribution is 7.13. The van der Waals surface area contributed by atoms with Crippen molar-refractivity contribution in [3.8, 4) is 33.2 Å². The van der Waals surface area contributed by atoms with Crippen molar-refractivity contribution in [2.75, 3.05) is 0 Å². The summed E-state index contributed by atoms with van der Waals surface area (Å²) in [6, 6.07) is 10.3. The smallest absolute Gasteiger partial charge is 0.116 e. The van der Waals surface area contributed by atoms with Crippen LogP contribution in [0.4, 0.5) is 0 Å². The molecular formula is C20H13N7S. The lowest BCUT2D eigenvalue weighted by atomic mass is 10.1. The average Bonchev–Trinajstić information content (AvgIpc) is 3.53. The van der Waals surface area contributed by atoms with Gasteiger partial charge in [0, 0.05) is 34.2 Å². The van der Waals surface area contributed by atoms with Gasteiger partial charge in [-0.2, -0.15) is 10.2 Å². The Morgan fingerprint density at radius 2 is 1.89 bits per heavy atom. The molecule has 6 aromatic heterocycles. The molecule has 28 heavy (non-hydrogen) atoms. The van der Waals surface area contributed by atoms with Crippen LogP contribution >= 0.6 is 11.3 Å². The molecule has 0 atom stereocenters. The van der Waals surface area contributed by atoms with Crippen molar-refractivity contribution in [3.05, 3.63) is 60.5 Å². The summed E-state index contributed by atoms with van der Waals surface area (Å²) in [6.07, 6.45) is 7.22. The minimum Gasteiger partial charge on any atom is -0.353 e. The van der Waals surface area contributed by atoms with Crippen molar-refractivity contribution in [2.24, 2.45) is 0 Å². The van der Waals surface area contributed by atoms with E-state index in [1.807, 2.05) is 30.6 Å². The predicted octanol–water partition coefficient (Wildman–Crippen LogP) is 4.62. The molecule has 0 bridgehead atoms. The first-order valence-corrected chi connectivity index (χ1v) is 9.60. The van der Waals surface area contributed by atoms with Gasteiger partial charge in [0.15, 0.2) is 0 Å². The largest absolute Gasteiger partial charge is 0.353 e. The Labute approximate surface area is 162 Å². The zero-order chi connectivity index (χ0) is 18.5. The summed E-state index contributed by atoms with van der Waals surface area (Å²) in [6.45, 7) is 0. The van der Waals surface area contributed by atoms with E-state index in [1.54, 1.807) is 23.7 Å². The number of aromatic amines is 3. The Hall–Kier alpha value is -3.78. The number of H-pyrrole nitrogens is 3. The molecule has 6 rings (SSSR count). The Kier molecular flexibility index (Phi) is 3.20. The highest BCUT2D eigenvalue weighted by Crippen LogP contribution is 2.34. The quantitative estimate of drug-likeness (QED) is 0.415. The molecule has 6 aromatic rings. The van der Waals surface area contributed by atoms with Crippen LogP contribution < -0.4 is 0 Å². The van der Waals surface area contributed by atoms with Gasteiger partial charge in [-0.3, -0.25) is 20.2 Å². The fourth-order valence-corrected chi connectivity index (χ4v) is 4.20. The van der Waals surface area contributed by atoms with Crippen LogP contribution in [-0.4, -0.2) is 35.3 Å². The fraction of sp³-hybridized carbons (Fsp3) is 0. The lowest BCUT2D eigenvalue weighted by Crippen LogP contribution is -1.82. The van der Waals surface area contributed by atoms with Crippen LogP contribution in [0.15, 0.2) is 60.5 Å². The Balaban J connectivity index is 1.55. The van der Waals surface area contributed by atoms with Gasteiger partial charge in [0.25, 0.3) is 0 Å². The zero-order valence-corrected chi connectivity index (χ0v) is 15.3. The number of aromatic nitrogens is 7. The number of hydrogen-bond acceptors (Lipinski definition) is 5. The predicted molar refractivity (Wildman–Crippen MR) is 110 cm³/mol. The lowest BCUT2D eigenvalue weighted by molar-refractivity contribution is 1.09. The van der Waals surface area contributed by atoms with Crippen LogP contribution in [0.2, 0.25) is 0 Å². The molecular weight excluding hydrogens is 370 g/mol. The summed E-state index contributed by atoms with van der Waals surface area (Å²) in [7, 11) is 0. The van der Waals surface area contributed by atoms with Gasteiger partial charge in [0.05, 0.1) is 39.9 Å². The van der Waals surface area contributed by atoms with E-state index in [9.17, 15) is 0 Å². The molecule has 8 heteroatoms. The monoisotopic (exact) mass is 383 g/mol. The van der Waals surface area contributed by atoms with E-state index in [-0.39, 0.29) is 0 Å². The molecule has 0 radical (unpaired) electrons. The minimum atomic E-state index is 0.848. The van der Waals surface area contributed by atoms with Gasteiger partial charge in [-0.05, 0) is 29.6 Å². The summed E-state index contributed by atoms with van der Waals surface area (Å²) < 4.78 is 0. The van der Waals surface area contributed by atoms with Gasteiger partial charge >= 0.3 is 0 Å². The van der Waals surface area contributed by atoms with Crippen molar-refractivity contribution in [2.45, 2.75) is 0 Å². The van der Waals surface area contributed by atoms with Crippen LogP contribution in [0, 0.1) is 0 Å². The van der Waals surface area contributed by atoms with E-state index in [1.165, 1.54) is 0 Å². The number of nitrogens with zero attached hydrogens (tertiary/aromatic N) is 4. The summed E-state index contributed by atoms with van der Waals surface area (Å²) in [5.74, 6) is 0. The second kappa shape index (κ2) is 5.86. The SMILES string of the molecule is c1csc(-c2nccc3[nH]c(-c4n[nH]c5cnc(-c6cn[nH]c6)cc45)cc23)c1. The molecule has 0 aromatic carbocycles. The molecule has 0 saturated heterocycles. The normalized spacial score (nSPS) is 11.6. The third kappa shape index (κ3) is 2.28. The second-order valence-corrected chi connectivity index (χ2v) is 7.40. The zero-order valence-electron chi connectivity index (χ0n) is 14.5. The Morgan fingerprint density at radius 3 is 2.75 bits per heavy atom. The molecule has 3 N–H and O–H groups in total. The van der Waals surface area contributed by atoms with Crippen LogP contribution in [0.5, 0.6) is 0 Å². The van der Waals surface area contributed by atoms with Crippen molar-refractivity contribution in [1.29, 1.82) is 0 Å². The van der Waals surface area contributed by atoms with Crippen molar-refractivity contribution in [1.82, 2.24) is 35.3 Å². The maximum absolute atomic E-state index is 4.60. The number of thiophene rings is 1.